The van der Waals surface area contributed by atoms with E-state index < -0.39 is 10.0 Å². The fraction of sp³-hybridized carbons (Fsp3) is 1.00. The van der Waals surface area contributed by atoms with Gasteiger partial charge in [0.25, 0.3) is 0 Å². The number of hydrogen-bond donors (Lipinski definition) is 0. The minimum absolute atomic E-state index is 0.00982. The lowest BCUT2D eigenvalue weighted by atomic mass is 10.1. The molecule has 1 rings (SSSR count). The van der Waals surface area contributed by atoms with Crippen LogP contribution in [0.25, 0.3) is 0 Å². The van der Waals surface area contributed by atoms with E-state index in [1.165, 1.54) is 11.4 Å². The quantitative estimate of drug-likeness (QED) is 0.531. The largest absolute Gasteiger partial charge is 0.359 e. The molecule has 0 spiro atoms. The van der Waals surface area contributed by atoms with Crippen LogP contribution in [0.5, 0.6) is 0 Å². The van der Waals surface area contributed by atoms with Gasteiger partial charge in [-0.15, -0.1) is 0 Å². The minimum Gasteiger partial charge on any atom is -0.359 e. The molecule has 0 aromatic rings. The van der Waals surface area contributed by atoms with E-state index in [-0.39, 0.29) is 31.2 Å². The van der Waals surface area contributed by atoms with Crippen LogP contribution in [0.1, 0.15) is 20.3 Å². The standard InChI is InChI=1S/C9H19NO4S/c1-8-4-9(2)10(6-14-7-13-3)15(11,12)5-8/h8-9H,4-7H2,1-3H3. The maximum Gasteiger partial charge on any atom is 0.216 e. The number of ether oxygens (including phenoxy) is 2. The third-order valence-electron chi connectivity index (χ3n) is 2.51. The summed E-state index contributed by atoms with van der Waals surface area (Å²) < 4.78 is 34.8. The van der Waals surface area contributed by atoms with Crippen molar-refractivity contribution in [1.82, 2.24) is 4.31 Å². The Balaban J connectivity index is 2.60. The van der Waals surface area contributed by atoms with Gasteiger partial charge in [0.15, 0.2) is 0 Å². The highest BCUT2D eigenvalue weighted by Gasteiger charge is 2.34. The number of methoxy groups -OCH3 is 1. The average Bonchev–Trinajstić information content (AvgIpc) is 2.08. The third-order valence-corrected chi connectivity index (χ3v) is 4.68. The molecule has 2 atom stereocenters. The molecular weight excluding hydrogens is 218 g/mol. The van der Waals surface area contributed by atoms with Gasteiger partial charge >= 0.3 is 0 Å². The highest BCUT2D eigenvalue weighted by atomic mass is 32.2. The van der Waals surface area contributed by atoms with Crippen molar-refractivity contribution < 1.29 is 17.9 Å². The van der Waals surface area contributed by atoms with Crippen LogP contribution in [0.3, 0.4) is 0 Å². The molecule has 1 aliphatic rings. The van der Waals surface area contributed by atoms with Crippen molar-refractivity contribution in [3.05, 3.63) is 0 Å². The van der Waals surface area contributed by atoms with Crippen LogP contribution in [0, 0.1) is 5.92 Å². The van der Waals surface area contributed by atoms with Crippen molar-refractivity contribution >= 4 is 10.0 Å². The zero-order valence-corrected chi connectivity index (χ0v) is 10.3. The van der Waals surface area contributed by atoms with E-state index >= 15 is 0 Å². The highest BCUT2D eigenvalue weighted by molar-refractivity contribution is 7.89. The average molecular weight is 237 g/mol. The van der Waals surface area contributed by atoms with Crippen LogP contribution in [0.2, 0.25) is 0 Å². The predicted octanol–water partition coefficient (Wildman–Crippen LogP) is 0.625. The fourth-order valence-electron chi connectivity index (χ4n) is 1.92. The molecule has 0 amide bonds. The number of nitrogens with zero attached hydrogens (tertiary/aromatic N) is 1. The summed E-state index contributed by atoms with van der Waals surface area (Å²) >= 11 is 0. The fourth-order valence-corrected chi connectivity index (χ4v) is 3.83. The molecule has 0 aromatic carbocycles. The van der Waals surface area contributed by atoms with Crippen LogP contribution in [0.15, 0.2) is 0 Å². The second-order valence-corrected chi connectivity index (χ2v) is 6.06. The zero-order chi connectivity index (χ0) is 11.5. The molecule has 2 unspecified atom stereocenters. The Kier molecular flexibility index (Phi) is 4.51. The van der Waals surface area contributed by atoms with Gasteiger partial charge < -0.3 is 9.47 Å². The summed E-state index contributed by atoms with van der Waals surface area (Å²) in [7, 11) is -1.64. The van der Waals surface area contributed by atoms with Crippen LogP contribution in [-0.4, -0.2) is 45.2 Å². The van der Waals surface area contributed by atoms with Gasteiger partial charge in [-0.3, -0.25) is 0 Å². The van der Waals surface area contributed by atoms with E-state index in [4.69, 9.17) is 9.47 Å². The third kappa shape index (κ3) is 3.41. The van der Waals surface area contributed by atoms with Gasteiger partial charge in [-0.05, 0) is 19.3 Å². The molecule has 1 heterocycles. The smallest absolute Gasteiger partial charge is 0.216 e. The van der Waals surface area contributed by atoms with Crippen molar-refractivity contribution in [2.24, 2.45) is 5.92 Å². The zero-order valence-electron chi connectivity index (χ0n) is 9.47. The molecule has 0 N–H and O–H groups in total. The molecule has 1 saturated heterocycles. The van der Waals surface area contributed by atoms with E-state index in [2.05, 4.69) is 0 Å². The summed E-state index contributed by atoms with van der Waals surface area (Å²) in [5, 5.41) is 0. The van der Waals surface area contributed by atoms with Crippen LogP contribution in [0.4, 0.5) is 0 Å². The normalized spacial score (nSPS) is 31.7. The van der Waals surface area contributed by atoms with Crippen molar-refractivity contribution in [1.29, 1.82) is 0 Å². The highest BCUT2D eigenvalue weighted by Crippen LogP contribution is 2.24. The Morgan fingerprint density at radius 2 is 2.07 bits per heavy atom. The second kappa shape index (κ2) is 5.25. The van der Waals surface area contributed by atoms with E-state index in [0.717, 1.165) is 6.42 Å². The molecule has 6 heteroatoms. The molecule has 90 valence electrons. The maximum atomic E-state index is 11.8. The summed E-state index contributed by atoms with van der Waals surface area (Å²) in [5.74, 6) is 0.442. The molecule has 1 fully saturated rings. The summed E-state index contributed by atoms with van der Waals surface area (Å²) in [6.45, 7) is 4.07. The first-order valence-electron chi connectivity index (χ1n) is 5.03. The van der Waals surface area contributed by atoms with Crippen molar-refractivity contribution in [2.45, 2.75) is 26.3 Å². The van der Waals surface area contributed by atoms with Gasteiger partial charge in [0, 0.05) is 13.2 Å². The first kappa shape index (κ1) is 12.9. The second-order valence-electron chi connectivity index (χ2n) is 4.10. The number of hydrogen-bond acceptors (Lipinski definition) is 4. The molecule has 0 aromatic heterocycles. The summed E-state index contributed by atoms with van der Waals surface area (Å²) in [4.78, 5) is 0. The Morgan fingerprint density at radius 3 is 2.60 bits per heavy atom. The summed E-state index contributed by atoms with van der Waals surface area (Å²) in [6, 6.07) is 0.00982. The molecule has 15 heavy (non-hydrogen) atoms. The van der Waals surface area contributed by atoms with E-state index in [0.29, 0.717) is 0 Å². The van der Waals surface area contributed by atoms with Crippen LogP contribution < -0.4 is 0 Å². The van der Waals surface area contributed by atoms with Gasteiger partial charge in [0.2, 0.25) is 10.0 Å². The van der Waals surface area contributed by atoms with Crippen molar-refractivity contribution in [3.8, 4) is 0 Å². The predicted molar refractivity (Wildman–Crippen MR) is 56.7 cm³/mol. The molecule has 0 saturated carbocycles. The Hall–Kier alpha value is -0.170. The SMILES string of the molecule is COCOCN1C(C)CC(C)CS1(=O)=O. The summed E-state index contributed by atoms with van der Waals surface area (Å²) in [5.41, 5.74) is 0. The monoisotopic (exact) mass is 237 g/mol. The lowest BCUT2D eigenvalue weighted by Crippen LogP contribution is -2.47. The summed E-state index contributed by atoms with van der Waals surface area (Å²) in [6.07, 6.45) is 0.884. The maximum absolute atomic E-state index is 11.8. The van der Waals surface area contributed by atoms with Gasteiger partial charge in [-0.1, -0.05) is 6.92 Å². The van der Waals surface area contributed by atoms with Gasteiger partial charge in [-0.2, -0.15) is 4.31 Å². The molecular formula is C9H19NO4S. The van der Waals surface area contributed by atoms with Crippen molar-refractivity contribution in [2.75, 3.05) is 26.4 Å². The van der Waals surface area contributed by atoms with Gasteiger partial charge in [-0.25, -0.2) is 8.42 Å². The topological polar surface area (TPSA) is 55.8 Å². The van der Waals surface area contributed by atoms with Gasteiger partial charge in [0.05, 0.1) is 5.75 Å². The molecule has 0 radical (unpaired) electrons. The van der Waals surface area contributed by atoms with Crippen LogP contribution >= 0.6 is 0 Å². The first-order valence-corrected chi connectivity index (χ1v) is 6.64. The Bertz CT molecular complexity index is 290. The Labute approximate surface area is 91.4 Å². The Morgan fingerprint density at radius 1 is 1.40 bits per heavy atom. The number of rotatable bonds is 4. The minimum atomic E-state index is -3.15. The molecule has 1 aliphatic heterocycles. The van der Waals surface area contributed by atoms with Crippen LogP contribution in [-0.2, 0) is 19.5 Å². The van der Waals surface area contributed by atoms with E-state index in [1.807, 2.05) is 13.8 Å². The lowest BCUT2D eigenvalue weighted by Gasteiger charge is -2.35. The number of sulfonamides is 1. The van der Waals surface area contributed by atoms with Gasteiger partial charge in [0.1, 0.15) is 13.5 Å². The van der Waals surface area contributed by atoms with Crippen molar-refractivity contribution in [3.63, 3.8) is 0 Å². The first-order chi connectivity index (χ1) is 6.97. The molecule has 0 bridgehead atoms. The van der Waals surface area contributed by atoms with E-state index in [9.17, 15) is 8.42 Å². The van der Waals surface area contributed by atoms with E-state index in [1.54, 1.807) is 0 Å². The lowest BCUT2D eigenvalue weighted by molar-refractivity contribution is -0.0629. The molecule has 0 aliphatic carbocycles. The molecule has 5 nitrogen and oxygen atoms in total.